The second kappa shape index (κ2) is 6.05. The summed E-state index contributed by atoms with van der Waals surface area (Å²) in [4.78, 5) is 0. The van der Waals surface area contributed by atoms with Gasteiger partial charge in [-0.1, -0.05) is 30.7 Å². The molecule has 112 valence electrons. The van der Waals surface area contributed by atoms with Crippen LogP contribution in [0.3, 0.4) is 0 Å². The number of alkyl halides is 3. The van der Waals surface area contributed by atoms with E-state index in [1.54, 1.807) is 0 Å². The van der Waals surface area contributed by atoms with Crippen molar-refractivity contribution in [1.29, 1.82) is 0 Å². The van der Waals surface area contributed by atoms with E-state index in [4.69, 9.17) is 11.6 Å². The van der Waals surface area contributed by atoms with Gasteiger partial charge in [-0.2, -0.15) is 21.6 Å². The van der Waals surface area contributed by atoms with Crippen LogP contribution in [0.5, 0.6) is 5.75 Å². The summed E-state index contributed by atoms with van der Waals surface area (Å²) in [5, 5.41) is -0.205. The average Bonchev–Trinajstić information content (AvgIpc) is 2.32. The van der Waals surface area contributed by atoms with Crippen molar-refractivity contribution in [2.45, 2.75) is 25.8 Å². The Kier molecular flexibility index (Phi) is 5.10. The Hall–Kier alpha value is -1.21. The van der Waals surface area contributed by atoms with E-state index in [0.29, 0.717) is 12.0 Å². The molecule has 0 heterocycles. The van der Waals surface area contributed by atoms with Gasteiger partial charge >= 0.3 is 15.6 Å². The van der Waals surface area contributed by atoms with Crippen molar-refractivity contribution in [2.24, 2.45) is 0 Å². The van der Waals surface area contributed by atoms with Gasteiger partial charge in [0.2, 0.25) is 0 Å². The molecule has 0 bridgehead atoms. The molecule has 0 atom stereocenters. The largest absolute Gasteiger partial charge is 0.534 e. The third-order valence-corrected chi connectivity index (χ3v) is 3.78. The SMILES string of the molecule is C/C=C(/CC)c1ccc(OS(=O)(=O)C(F)(F)F)c(Cl)c1. The molecule has 1 aromatic carbocycles. The van der Waals surface area contributed by atoms with Gasteiger partial charge in [-0.25, -0.2) is 0 Å². The first-order valence-electron chi connectivity index (χ1n) is 5.58. The summed E-state index contributed by atoms with van der Waals surface area (Å²) in [6.45, 7) is 3.72. The van der Waals surface area contributed by atoms with Crippen LogP contribution in [0.25, 0.3) is 5.57 Å². The molecule has 0 unspecified atom stereocenters. The van der Waals surface area contributed by atoms with Gasteiger partial charge < -0.3 is 4.18 Å². The van der Waals surface area contributed by atoms with Crippen molar-refractivity contribution < 1.29 is 25.8 Å². The van der Waals surface area contributed by atoms with Crippen LogP contribution in [0, 0.1) is 0 Å². The molecule has 1 aromatic rings. The standard InChI is InChI=1S/C12H12ClF3O3S/c1-3-8(4-2)9-5-6-11(10(13)7-9)19-20(17,18)12(14,15)16/h3,5-7H,4H2,1-2H3/b8-3-. The van der Waals surface area contributed by atoms with E-state index < -0.39 is 21.4 Å². The van der Waals surface area contributed by atoms with E-state index in [9.17, 15) is 21.6 Å². The van der Waals surface area contributed by atoms with Gasteiger partial charge in [0, 0.05) is 0 Å². The molecule has 0 aliphatic carbocycles. The highest BCUT2D eigenvalue weighted by Gasteiger charge is 2.48. The zero-order valence-corrected chi connectivity index (χ0v) is 12.2. The van der Waals surface area contributed by atoms with Crippen molar-refractivity contribution in [2.75, 3.05) is 0 Å². The fourth-order valence-electron chi connectivity index (χ4n) is 1.51. The third kappa shape index (κ3) is 3.67. The van der Waals surface area contributed by atoms with Crippen molar-refractivity contribution in [3.05, 3.63) is 34.9 Å². The second-order valence-corrected chi connectivity index (χ2v) is 5.74. The van der Waals surface area contributed by atoms with Gasteiger partial charge in [0.25, 0.3) is 0 Å². The van der Waals surface area contributed by atoms with Crippen LogP contribution in [-0.2, 0) is 10.1 Å². The third-order valence-electron chi connectivity index (χ3n) is 2.51. The molecule has 0 spiro atoms. The lowest BCUT2D eigenvalue weighted by Crippen LogP contribution is -2.28. The Morgan fingerprint density at radius 2 is 2.00 bits per heavy atom. The number of rotatable bonds is 4. The van der Waals surface area contributed by atoms with Crippen molar-refractivity contribution in [3.63, 3.8) is 0 Å². The van der Waals surface area contributed by atoms with Crippen LogP contribution in [0.4, 0.5) is 13.2 Å². The Balaban J connectivity index is 3.13. The molecule has 0 amide bonds. The van der Waals surface area contributed by atoms with E-state index in [-0.39, 0.29) is 5.02 Å². The number of hydrogen-bond donors (Lipinski definition) is 0. The minimum Gasteiger partial charge on any atom is -0.374 e. The van der Waals surface area contributed by atoms with Crippen molar-refractivity contribution in [1.82, 2.24) is 0 Å². The van der Waals surface area contributed by atoms with Gasteiger partial charge in [-0.15, -0.1) is 0 Å². The summed E-state index contributed by atoms with van der Waals surface area (Å²) < 4.78 is 62.4. The predicted molar refractivity (Wildman–Crippen MR) is 71.0 cm³/mol. The summed E-state index contributed by atoms with van der Waals surface area (Å²) in [6.07, 6.45) is 2.53. The van der Waals surface area contributed by atoms with Gasteiger partial charge in [-0.05, 0) is 36.6 Å². The number of allylic oxidation sites excluding steroid dienone is 2. The van der Waals surface area contributed by atoms with Crippen LogP contribution < -0.4 is 4.18 Å². The molecule has 1 rings (SSSR count). The highest BCUT2D eigenvalue weighted by Crippen LogP contribution is 2.33. The topological polar surface area (TPSA) is 43.4 Å². The molecule has 0 aliphatic heterocycles. The fourth-order valence-corrected chi connectivity index (χ4v) is 2.25. The van der Waals surface area contributed by atoms with E-state index >= 15 is 0 Å². The molecule has 0 saturated heterocycles. The lowest BCUT2D eigenvalue weighted by Gasteiger charge is -2.12. The molecule has 0 radical (unpaired) electrons. The van der Waals surface area contributed by atoms with Crippen LogP contribution in [-0.4, -0.2) is 13.9 Å². The molecule has 0 N–H and O–H groups in total. The summed E-state index contributed by atoms with van der Waals surface area (Å²) in [5.41, 5.74) is -3.87. The van der Waals surface area contributed by atoms with Gasteiger partial charge in [0.1, 0.15) is 0 Å². The Bertz CT molecular complexity index is 621. The summed E-state index contributed by atoms with van der Waals surface area (Å²) in [7, 11) is -5.72. The lowest BCUT2D eigenvalue weighted by atomic mass is 10.0. The molecule has 0 aliphatic rings. The fraction of sp³-hybridized carbons (Fsp3) is 0.333. The van der Waals surface area contributed by atoms with Crippen LogP contribution >= 0.6 is 11.6 Å². The summed E-state index contributed by atoms with van der Waals surface area (Å²) in [6, 6.07) is 3.91. The lowest BCUT2D eigenvalue weighted by molar-refractivity contribution is -0.0500. The molecular weight excluding hydrogens is 317 g/mol. The van der Waals surface area contributed by atoms with Crippen LogP contribution in [0.15, 0.2) is 24.3 Å². The zero-order chi connectivity index (χ0) is 15.6. The molecule has 0 fully saturated rings. The summed E-state index contributed by atoms with van der Waals surface area (Å²) in [5.74, 6) is -0.556. The quantitative estimate of drug-likeness (QED) is 0.608. The monoisotopic (exact) mass is 328 g/mol. The van der Waals surface area contributed by atoms with Gasteiger partial charge in [0.15, 0.2) is 5.75 Å². The molecule has 8 heteroatoms. The highest BCUT2D eigenvalue weighted by molar-refractivity contribution is 7.88. The van der Waals surface area contributed by atoms with E-state index in [1.165, 1.54) is 12.1 Å². The molecule has 0 saturated carbocycles. The van der Waals surface area contributed by atoms with Gasteiger partial charge in [0.05, 0.1) is 5.02 Å². The summed E-state index contributed by atoms with van der Waals surface area (Å²) >= 11 is 5.76. The minimum absolute atomic E-state index is 0.205. The first-order valence-corrected chi connectivity index (χ1v) is 7.37. The molecule has 20 heavy (non-hydrogen) atoms. The number of hydrogen-bond acceptors (Lipinski definition) is 3. The molecule has 0 aromatic heterocycles. The smallest absolute Gasteiger partial charge is 0.374 e. The Labute approximate surface area is 120 Å². The van der Waals surface area contributed by atoms with E-state index in [2.05, 4.69) is 4.18 Å². The number of halogens is 4. The Morgan fingerprint density at radius 1 is 1.40 bits per heavy atom. The predicted octanol–water partition coefficient (Wildman–Crippen LogP) is 4.38. The first kappa shape index (κ1) is 16.8. The maximum Gasteiger partial charge on any atom is 0.534 e. The van der Waals surface area contributed by atoms with E-state index in [0.717, 1.165) is 11.6 Å². The zero-order valence-electron chi connectivity index (χ0n) is 10.7. The van der Waals surface area contributed by atoms with Crippen LogP contribution in [0.1, 0.15) is 25.8 Å². The molecule has 3 nitrogen and oxygen atoms in total. The van der Waals surface area contributed by atoms with Crippen LogP contribution in [0.2, 0.25) is 5.02 Å². The molecular formula is C12H12ClF3O3S. The first-order chi connectivity index (χ1) is 9.12. The maximum absolute atomic E-state index is 12.2. The van der Waals surface area contributed by atoms with Crippen molar-refractivity contribution in [3.8, 4) is 5.75 Å². The normalized spacial score (nSPS) is 13.4. The highest BCUT2D eigenvalue weighted by atomic mass is 35.5. The van der Waals surface area contributed by atoms with Crippen molar-refractivity contribution >= 4 is 27.3 Å². The maximum atomic E-state index is 12.2. The minimum atomic E-state index is -5.72. The average molecular weight is 329 g/mol. The number of benzene rings is 1. The second-order valence-electron chi connectivity index (χ2n) is 3.80. The van der Waals surface area contributed by atoms with Gasteiger partial charge in [-0.3, -0.25) is 0 Å². The van der Waals surface area contributed by atoms with E-state index in [1.807, 2.05) is 19.9 Å². The Morgan fingerprint density at radius 3 is 2.40 bits per heavy atom.